The molecule has 1 rings (SSSR count). The number of nitrogens with zero attached hydrogens (tertiary/aromatic N) is 2. The minimum absolute atomic E-state index is 0.131. The Morgan fingerprint density at radius 1 is 0.950 bits per heavy atom. The van der Waals surface area contributed by atoms with Gasteiger partial charge in [0.05, 0.1) is 35.4 Å². The molecule has 0 N–H and O–H groups in total. The third-order valence-electron chi connectivity index (χ3n) is 1.97. The van der Waals surface area contributed by atoms with Gasteiger partial charge in [0.25, 0.3) is 0 Å². The Morgan fingerprint density at radius 2 is 1.40 bits per heavy atom. The highest BCUT2D eigenvalue weighted by Gasteiger charge is 2.11. The molecule has 0 aliphatic carbocycles. The van der Waals surface area contributed by atoms with Crippen molar-refractivity contribution in [2.45, 2.75) is 0 Å². The number of carbonyl (C=O) groups excluding carboxylic acids is 2. The smallest absolute Gasteiger partial charge is 0.342 e. The van der Waals surface area contributed by atoms with Gasteiger partial charge in [-0.1, -0.05) is 6.07 Å². The Morgan fingerprint density at radius 3 is 1.80 bits per heavy atom. The van der Waals surface area contributed by atoms with E-state index in [1.165, 1.54) is 24.3 Å². The molecule has 0 fully saturated rings. The highest BCUT2D eigenvalue weighted by Crippen LogP contribution is 2.09. The molecule has 6 heteroatoms. The summed E-state index contributed by atoms with van der Waals surface area (Å²) in [5.41, 5.74) is 0.262. The van der Waals surface area contributed by atoms with Gasteiger partial charge in [-0.15, -0.1) is 0 Å². The SMILES string of the molecule is N#CC=COC(=O)c1cccc(C(=O)OC=CC#N)c1. The van der Waals surface area contributed by atoms with Crippen molar-refractivity contribution < 1.29 is 19.1 Å². The van der Waals surface area contributed by atoms with Gasteiger partial charge >= 0.3 is 11.9 Å². The number of allylic oxidation sites excluding steroid dienone is 2. The molecule has 0 saturated carbocycles. The third-order valence-corrected chi connectivity index (χ3v) is 1.97. The molecule has 0 radical (unpaired) electrons. The monoisotopic (exact) mass is 268 g/mol. The second kappa shape index (κ2) is 7.85. The maximum absolute atomic E-state index is 11.6. The van der Waals surface area contributed by atoms with E-state index in [1.54, 1.807) is 12.1 Å². The van der Waals surface area contributed by atoms with Crippen molar-refractivity contribution in [3.63, 3.8) is 0 Å². The predicted molar refractivity (Wildman–Crippen MR) is 66.8 cm³/mol. The molecular formula is C14H8N2O4. The summed E-state index contributed by atoms with van der Waals surface area (Å²) in [4.78, 5) is 23.1. The molecule has 98 valence electrons. The predicted octanol–water partition coefficient (Wildman–Crippen LogP) is 2.07. The number of benzene rings is 1. The van der Waals surface area contributed by atoms with Crippen LogP contribution in [0.15, 0.2) is 48.9 Å². The largest absolute Gasteiger partial charge is 0.430 e. The van der Waals surface area contributed by atoms with Crippen molar-refractivity contribution in [1.82, 2.24) is 0 Å². The Bertz CT molecular complexity index is 595. The number of carbonyl (C=O) groups is 2. The van der Waals surface area contributed by atoms with Crippen molar-refractivity contribution in [3.8, 4) is 12.1 Å². The number of ether oxygens (including phenoxy) is 2. The number of hydrogen-bond donors (Lipinski definition) is 0. The zero-order chi connectivity index (χ0) is 14.8. The van der Waals surface area contributed by atoms with Crippen molar-refractivity contribution in [2.75, 3.05) is 0 Å². The molecule has 0 bridgehead atoms. The molecule has 0 aromatic heterocycles. The summed E-state index contributed by atoms with van der Waals surface area (Å²) < 4.78 is 9.30. The minimum Gasteiger partial charge on any atom is -0.430 e. The zero-order valence-electron chi connectivity index (χ0n) is 10.1. The van der Waals surface area contributed by atoms with Crippen LogP contribution in [0.3, 0.4) is 0 Å². The summed E-state index contributed by atoms with van der Waals surface area (Å²) in [5, 5.41) is 16.5. The molecule has 0 heterocycles. The molecule has 0 unspecified atom stereocenters. The van der Waals surface area contributed by atoms with Crippen LogP contribution in [0.4, 0.5) is 0 Å². The van der Waals surface area contributed by atoms with Crippen molar-refractivity contribution in [2.24, 2.45) is 0 Å². The summed E-state index contributed by atoms with van der Waals surface area (Å²) in [6.07, 6.45) is 3.90. The maximum atomic E-state index is 11.6. The van der Waals surface area contributed by atoms with E-state index < -0.39 is 11.9 Å². The van der Waals surface area contributed by atoms with Crippen LogP contribution < -0.4 is 0 Å². The highest BCUT2D eigenvalue weighted by atomic mass is 16.5. The molecular weight excluding hydrogens is 260 g/mol. The summed E-state index contributed by atoms with van der Waals surface area (Å²) in [7, 11) is 0. The lowest BCUT2D eigenvalue weighted by molar-refractivity contribution is 0.0663. The fourth-order valence-corrected chi connectivity index (χ4v) is 1.16. The summed E-state index contributed by atoms with van der Waals surface area (Å²) in [5.74, 6) is -1.42. The van der Waals surface area contributed by atoms with Gasteiger partial charge in [-0.25, -0.2) is 9.59 Å². The van der Waals surface area contributed by atoms with Crippen LogP contribution in [0.1, 0.15) is 20.7 Å². The topological polar surface area (TPSA) is 100 Å². The Hall–Kier alpha value is -3.38. The molecule has 0 aliphatic heterocycles. The van der Waals surface area contributed by atoms with E-state index in [-0.39, 0.29) is 11.1 Å². The summed E-state index contributed by atoms with van der Waals surface area (Å²) in [6.45, 7) is 0. The average Bonchev–Trinajstić information content (AvgIpc) is 2.47. The minimum atomic E-state index is -0.710. The van der Waals surface area contributed by atoms with Crippen LogP contribution in [0, 0.1) is 22.7 Å². The van der Waals surface area contributed by atoms with Gasteiger partial charge in [0.2, 0.25) is 0 Å². The number of rotatable bonds is 4. The second-order valence-corrected chi connectivity index (χ2v) is 3.26. The highest BCUT2D eigenvalue weighted by molar-refractivity contribution is 5.95. The van der Waals surface area contributed by atoms with Gasteiger partial charge in [0.1, 0.15) is 12.5 Å². The molecule has 1 aromatic rings. The lowest BCUT2D eigenvalue weighted by Gasteiger charge is -2.02. The first-order valence-corrected chi connectivity index (χ1v) is 5.30. The lowest BCUT2D eigenvalue weighted by Crippen LogP contribution is -2.05. The quantitative estimate of drug-likeness (QED) is 0.470. The van der Waals surface area contributed by atoms with E-state index in [2.05, 4.69) is 9.47 Å². The van der Waals surface area contributed by atoms with Crippen LogP contribution in [0.25, 0.3) is 0 Å². The molecule has 0 saturated heterocycles. The Balaban J connectivity index is 2.80. The Labute approximate surface area is 114 Å². The first-order chi connectivity index (χ1) is 9.69. The van der Waals surface area contributed by atoms with E-state index in [0.29, 0.717) is 0 Å². The second-order valence-electron chi connectivity index (χ2n) is 3.26. The molecule has 0 spiro atoms. The lowest BCUT2D eigenvalue weighted by atomic mass is 10.1. The van der Waals surface area contributed by atoms with Crippen LogP contribution in [-0.4, -0.2) is 11.9 Å². The molecule has 20 heavy (non-hydrogen) atoms. The molecule has 0 atom stereocenters. The molecule has 0 amide bonds. The number of hydrogen-bond acceptors (Lipinski definition) is 6. The van der Waals surface area contributed by atoms with Crippen molar-refractivity contribution in [3.05, 3.63) is 60.1 Å². The van der Waals surface area contributed by atoms with Crippen molar-refractivity contribution >= 4 is 11.9 Å². The van der Waals surface area contributed by atoms with E-state index in [0.717, 1.165) is 24.7 Å². The van der Waals surface area contributed by atoms with Gasteiger partial charge in [0.15, 0.2) is 0 Å². The van der Waals surface area contributed by atoms with Gasteiger partial charge in [-0.2, -0.15) is 10.5 Å². The van der Waals surface area contributed by atoms with Crippen molar-refractivity contribution in [1.29, 1.82) is 10.5 Å². The van der Waals surface area contributed by atoms with Gasteiger partial charge in [-0.3, -0.25) is 0 Å². The van der Waals surface area contributed by atoms with Crippen LogP contribution in [0.2, 0.25) is 0 Å². The van der Waals surface area contributed by atoms with Crippen LogP contribution >= 0.6 is 0 Å². The fraction of sp³-hybridized carbons (Fsp3) is 0. The fourth-order valence-electron chi connectivity index (χ4n) is 1.16. The number of esters is 2. The first-order valence-electron chi connectivity index (χ1n) is 5.30. The van der Waals surface area contributed by atoms with Gasteiger partial charge in [-0.05, 0) is 18.2 Å². The molecule has 6 nitrogen and oxygen atoms in total. The summed E-state index contributed by atoms with van der Waals surface area (Å²) >= 11 is 0. The third kappa shape index (κ3) is 4.47. The maximum Gasteiger partial charge on any atom is 0.342 e. The van der Waals surface area contributed by atoms with E-state index in [1.807, 2.05) is 0 Å². The van der Waals surface area contributed by atoms with E-state index >= 15 is 0 Å². The first kappa shape index (κ1) is 14.7. The van der Waals surface area contributed by atoms with Crippen LogP contribution in [0.5, 0.6) is 0 Å². The zero-order valence-corrected chi connectivity index (χ0v) is 10.1. The van der Waals surface area contributed by atoms with E-state index in [9.17, 15) is 9.59 Å². The van der Waals surface area contributed by atoms with Gasteiger partial charge in [0, 0.05) is 0 Å². The van der Waals surface area contributed by atoms with Gasteiger partial charge < -0.3 is 9.47 Å². The average molecular weight is 268 g/mol. The standard InChI is InChI=1S/C14H8N2O4/c15-6-2-8-19-13(17)11-4-1-5-12(10-11)14(18)20-9-3-7-16/h1-5,8-10H. The summed E-state index contributed by atoms with van der Waals surface area (Å²) in [6, 6.07) is 9.00. The Kier molecular flexibility index (Phi) is 5.76. The molecule has 0 aliphatic rings. The molecule has 1 aromatic carbocycles. The van der Waals surface area contributed by atoms with Crippen LogP contribution in [-0.2, 0) is 9.47 Å². The normalized spacial score (nSPS) is 9.90. The number of nitriles is 2. The van der Waals surface area contributed by atoms with E-state index in [4.69, 9.17) is 10.5 Å².